The molecule has 1 atom stereocenters. The number of unbranched alkanes of at least 4 members (excludes halogenated alkanes) is 2. The minimum absolute atomic E-state index is 0.917. The smallest absolute Gasteiger partial charge is 0.00194 e. The molecular formula is C12H27N. The van der Waals surface area contributed by atoms with E-state index in [2.05, 4.69) is 32.7 Å². The fourth-order valence-electron chi connectivity index (χ4n) is 1.49. The Labute approximate surface area is 84.5 Å². The van der Waals surface area contributed by atoms with Gasteiger partial charge in [0.15, 0.2) is 0 Å². The lowest BCUT2D eigenvalue weighted by Gasteiger charge is -2.17. The van der Waals surface area contributed by atoms with Gasteiger partial charge in [-0.15, -0.1) is 0 Å². The van der Waals surface area contributed by atoms with E-state index in [1.807, 2.05) is 0 Å². The van der Waals surface area contributed by atoms with Gasteiger partial charge in [-0.05, 0) is 32.5 Å². The molecule has 0 fully saturated rings. The molecule has 0 bridgehead atoms. The summed E-state index contributed by atoms with van der Waals surface area (Å²) in [6, 6.07) is 0. The maximum absolute atomic E-state index is 2.40. The van der Waals surface area contributed by atoms with Gasteiger partial charge in [0.1, 0.15) is 0 Å². The van der Waals surface area contributed by atoms with Crippen molar-refractivity contribution in [3.8, 4) is 0 Å². The zero-order valence-corrected chi connectivity index (χ0v) is 9.97. The average molecular weight is 185 g/mol. The van der Waals surface area contributed by atoms with Gasteiger partial charge in [-0.1, -0.05) is 46.5 Å². The summed E-state index contributed by atoms with van der Waals surface area (Å²) in [6.45, 7) is 9.34. The van der Waals surface area contributed by atoms with E-state index < -0.39 is 0 Å². The topological polar surface area (TPSA) is 3.24 Å². The van der Waals surface area contributed by atoms with Crippen molar-refractivity contribution in [1.29, 1.82) is 0 Å². The molecule has 0 rings (SSSR count). The Hall–Kier alpha value is -0.0400. The summed E-state index contributed by atoms with van der Waals surface area (Å²) in [5.41, 5.74) is 0. The fraction of sp³-hybridized carbons (Fsp3) is 1.00. The van der Waals surface area contributed by atoms with Gasteiger partial charge in [0, 0.05) is 0 Å². The van der Waals surface area contributed by atoms with E-state index in [4.69, 9.17) is 0 Å². The van der Waals surface area contributed by atoms with Crippen LogP contribution in [0.5, 0.6) is 0 Å². The molecule has 0 unspecified atom stereocenters. The first kappa shape index (κ1) is 13.0. The van der Waals surface area contributed by atoms with E-state index in [1.54, 1.807) is 0 Å². The van der Waals surface area contributed by atoms with Crippen LogP contribution in [0.15, 0.2) is 0 Å². The van der Waals surface area contributed by atoms with Gasteiger partial charge in [-0.25, -0.2) is 0 Å². The number of rotatable bonds is 8. The molecule has 0 aliphatic heterocycles. The number of hydrogen-bond donors (Lipinski definition) is 0. The van der Waals surface area contributed by atoms with Crippen molar-refractivity contribution in [2.45, 2.75) is 52.9 Å². The molecule has 0 amide bonds. The van der Waals surface area contributed by atoms with Gasteiger partial charge < -0.3 is 4.90 Å². The van der Waals surface area contributed by atoms with Crippen molar-refractivity contribution in [2.24, 2.45) is 5.92 Å². The Balaban J connectivity index is 3.24. The zero-order chi connectivity index (χ0) is 10.1. The predicted molar refractivity (Wildman–Crippen MR) is 61.1 cm³/mol. The highest BCUT2D eigenvalue weighted by atomic mass is 15.1. The van der Waals surface area contributed by atoms with Crippen LogP contribution in [0.4, 0.5) is 0 Å². The van der Waals surface area contributed by atoms with E-state index in [-0.39, 0.29) is 0 Å². The summed E-state index contributed by atoms with van der Waals surface area (Å²) in [4.78, 5) is 2.40. The van der Waals surface area contributed by atoms with E-state index in [9.17, 15) is 0 Å². The van der Waals surface area contributed by atoms with Crippen molar-refractivity contribution < 1.29 is 0 Å². The molecule has 1 heteroatoms. The lowest BCUT2D eigenvalue weighted by atomic mass is 10.00. The van der Waals surface area contributed by atoms with Crippen LogP contribution < -0.4 is 0 Å². The molecule has 0 aliphatic carbocycles. The van der Waals surface area contributed by atoms with E-state index in [0.717, 1.165) is 5.92 Å². The molecule has 0 N–H and O–H groups in total. The molecular weight excluding hydrogens is 158 g/mol. The molecule has 0 aromatic rings. The Kier molecular flexibility index (Phi) is 8.53. The van der Waals surface area contributed by atoms with Crippen LogP contribution in [0.25, 0.3) is 0 Å². The van der Waals surface area contributed by atoms with E-state index in [1.165, 1.54) is 45.2 Å². The third kappa shape index (κ3) is 8.29. The Bertz CT molecular complexity index is 101. The van der Waals surface area contributed by atoms with Gasteiger partial charge in [-0.3, -0.25) is 0 Å². The van der Waals surface area contributed by atoms with Crippen LogP contribution in [-0.4, -0.2) is 25.0 Å². The number of nitrogens with zero attached hydrogens (tertiary/aromatic N) is 1. The summed E-state index contributed by atoms with van der Waals surface area (Å²) < 4.78 is 0. The molecule has 0 aliphatic rings. The molecule has 0 spiro atoms. The molecule has 0 heterocycles. The summed E-state index contributed by atoms with van der Waals surface area (Å²) in [5, 5.41) is 0. The quantitative estimate of drug-likeness (QED) is 0.523. The van der Waals surface area contributed by atoms with Crippen LogP contribution in [0, 0.1) is 5.92 Å². The summed E-state index contributed by atoms with van der Waals surface area (Å²) >= 11 is 0. The third-order valence-electron chi connectivity index (χ3n) is 2.84. The fourth-order valence-corrected chi connectivity index (χ4v) is 1.49. The SMILES string of the molecule is CCCCC[C@H](C)CCN(C)CC. The highest BCUT2D eigenvalue weighted by Crippen LogP contribution is 2.12. The first-order chi connectivity index (χ1) is 6.20. The van der Waals surface area contributed by atoms with Crippen molar-refractivity contribution >= 4 is 0 Å². The molecule has 0 aromatic carbocycles. The molecule has 80 valence electrons. The van der Waals surface area contributed by atoms with Gasteiger partial charge in [-0.2, -0.15) is 0 Å². The first-order valence-corrected chi connectivity index (χ1v) is 5.89. The summed E-state index contributed by atoms with van der Waals surface area (Å²) in [7, 11) is 2.21. The van der Waals surface area contributed by atoms with E-state index in [0.29, 0.717) is 0 Å². The van der Waals surface area contributed by atoms with Gasteiger partial charge in [0.25, 0.3) is 0 Å². The maximum atomic E-state index is 2.40. The van der Waals surface area contributed by atoms with Gasteiger partial charge >= 0.3 is 0 Å². The van der Waals surface area contributed by atoms with Crippen molar-refractivity contribution in [3.63, 3.8) is 0 Å². The third-order valence-corrected chi connectivity index (χ3v) is 2.84. The lowest BCUT2D eigenvalue weighted by molar-refractivity contribution is 0.311. The molecule has 0 radical (unpaired) electrons. The van der Waals surface area contributed by atoms with Crippen molar-refractivity contribution in [1.82, 2.24) is 4.90 Å². The van der Waals surface area contributed by atoms with Crippen LogP contribution in [-0.2, 0) is 0 Å². The highest BCUT2D eigenvalue weighted by molar-refractivity contribution is 4.57. The highest BCUT2D eigenvalue weighted by Gasteiger charge is 2.02. The predicted octanol–water partition coefficient (Wildman–Crippen LogP) is 3.54. The lowest BCUT2D eigenvalue weighted by Crippen LogP contribution is -2.20. The Morgan fingerprint density at radius 3 is 2.31 bits per heavy atom. The standard InChI is InChI=1S/C12H27N/c1-5-7-8-9-12(3)10-11-13(4)6-2/h12H,5-11H2,1-4H3/t12-/m0/s1. The zero-order valence-electron chi connectivity index (χ0n) is 9.97. The minimum atomic E-state index is 0.917. The Morgan fingerprint density at radius 2 is 1.77 bits per heavy atom. The minimum Gasteiger partial charge on any atom is -0.307 e. The van der Waals surface area contributed by atoms with E-state index >= 15 is 0 Å². The monoisotopic (exact) mass is 185 g/mol. The first-order valence-electron chi connectivity index (χ1n) is 5.89. The second-order valence-corrected chi connectivity index (χ2v) is 4.29. The van der Waals surface area contributed by atoms with Crippen LogP contribution in [0.2, 0.25) is 0 Å². The molecule has 13 heavy (non-hydrogen) atoms. The molecule has 0 aromatic heterocycles. The normalized spacial score (nSPS) is 13.6. The second-order valence-electron chi connectivity index (χ2n) is 4.29. The largest absolute Gasteiger partial charge is 0.307 e. The average Bonchev–Trinajstić information content (AvgIpc) is 2.14. The van der Waals surface area contributed by atoms with Crippen LogP contribution in [0.1, 0.15) is 52.9 Å². The molecule has 0 saturated carbocycles. The summed E-state index contributed by atoms with van der Waals surface area (Å²) in [6.07, 6.45) is 6.97. The van der Waals surface area contributed by atoms with Crippen molar-refractivity contribution in [3.05, 3.63) is 0 Å². The molecule has 1 nitrogen and oxygen atoms in total. The van der Waals surface area contributed by atoms with Crippen LogP contribution in [0.3, 0.4) is 0 Å². The van der Waals surface area contributed by atoms with Crippen LogP contribution >= 0.6 is 0 Å². The summed E-state index contributed by atoms with van der Waals surface area (Å²) in [5.74, 6) is 0.917. The molecule has 0 saturated heterocycles. The Morgan fingerprint density at radius 1 is 1.08 bits per heavy atom. The van der Waals surface area contributed by atoms with Crippen molar-refractivity contribution in [2.75, 3.05) is 20.1 Å². The second kappa shape index (κ2) is 8.55. The number of hydrogen-bond acceptors (Lipinski definition) is 1. The van der Waals surface area contributed by atoms with Gasteiger partial charge in [0.05, 0.1) is 0 Å². The van der Waals surface area contributed by atoms with Gasteiger partial charge in [0.2, 0.25) is 0 Å². The maximum Gasteiger partial charge on any atom is -0.00194 e.